The maximum atomic E-state index is 9.59. The molecule has 26 heavy (non-hydrogen) atoms. The van der Waals surface area contributed by atoms with E-state index in [1.807, 2.05) is 18.2 Å². The Balaban J connectivity index is 1.61. The van der Waals surface area contributed by atoms with E-state index in [4.69, 9.17) is 0 Å². The van der Waals surface area contributed by atoms with Gasteiger partial charge in [-0.15, -0.1) is 0 Å². The van der Waals surface area contributed by atoms with Gasteiger partial charge in [-0.1, -0.05) is 36.4 Å². The average molecular weight is 350 g/mol. The predicted molar refractivity (Wildman–Crippen MR) is 101 cm³/mol. The number of aromatic hydroxyl groups is 4. The van der Waals surface area contributed by atoms with Crippen LogP contribution in [0, 0.1) is 0 Å². The molecule has 0 spiro atoms. The molecule has 4 N–H and O–H groups in total. The lowest BCUT2D eigenvalue weighted by atomic mass is 9.99. The van der Waals surface area contributed by atoms with Crippen molar-refractivity contribution in [2.24, 2.45) is 0 Å². The summed E-state index contributed by atoms with van der Waals surface area (Å²) in [5.41, 5.74) is 4.38. The highest BCUT2D eigenvalue weighted by Crippen LogP contribution is 2.35. The minimum absolute atomic E-state index is 0.280. The molecule has 0 saturated heterocycles. The summed E-state index contributed by atoms with van der Waals surface area (Å²) in [5.74, 6) is -0.808. The van der Waals surface area contributed by atoms with Crippen molar-refractivity contribution in [2.45, 2.75) is 25.7 Å². The van der Waals surface area contributed by atoms with E-state index in [1.54, 1.807) is 12.1 Å². The second-order valence-corrected chi connectivity index (χ2v) is 6.47. The van der Waals surface area contributed by atoms with Crippen molar-refractivity contribution in [1.29, 1.82) is 0 Å². The molecule has 4 heteroatoms. The second-order valence-electron chi connectivity index (χ2n) is 6.47. The smallest absolute Gasteiger partial charge is 0.200 e. The number of hydrogen-bond acceptors (Lipinski definition) is 4. The molecule has 0 fully saturated rings. The van der Waals surface area contributed by atoms with Gasteiger partial charge in [-0.3, -0.25) is 0 Å². The number of rotatable bonds is 6. The van der Waals surface area contributed by atoms with E-state index in [1.165, 1.54) is 28.8 Å². The molecule has 0 unspecified atom stereocenters. The monoisotopic (exact) mass is 350 g/mol. The molecule has 3 aromatic carbocycles. The summed E-state index contributed by atoms with van der Waals surface area (Å²) in [7, 11) is 0. The molecule has 0 aromatic heterocycles. The Hall–Kier alpha value is -3.14. The standard InChI is InChI=1S/C22H22O4/c23-19-10-8-15(9-11-19)4-5-16-2-1-3-17(12-16)6-7-18-13-20(24)22(26)21(25)14-18/h1-3,8-14,23-26H,4-7H2. The highest BCUT2D eigenvalue weighted by atomic mass is 16.3. The van der Waals surface area contributed by atoms with Crippen LogP contribution in [-0.2, 0) is 25.7 Å². The lowest BCUT2D eigenvalue weighted by molar-refractivity contribution is 0.367. The molecule has 0 saturated carbocycles. The van der Waals surface area contributed by atoms with Crippen LogP contribution < -0.4 is 0 Å². The topological polar surface area (TPSA) is 80.9 Å². The molecular weight excluding hydrogens is 328 g/mol. The second kappa shape index (κ2) is 7.83. The molecule has 3 rings (SSSR count). The van der Waals surface area contributed by atoms with Crippen molar-refractivity contribution in [1.82, 2.24) is 0 Å². The third-order valence-electron chi connectivity index (χ3n) is 4.46. The Morgan fingerprint density at radius 1 is 0.500 bits per heavy atom. The summed E-state index contributed by atoms with van der Waals surface area (Å²) >= 11 is 0. The molecule has 0 amide bonds. The molecule has 0 aliphatic heterocycles. The van der Waals surface area contributed by atoms with Crippen molar-refractivity contribution in [3.63, 3.8) is 0 Å². The Labute approximate surface area is 152 Å². The summed E-state index contributed by atoms with van der Waals surface area (Å²) in [6.07, 6.45) is 3.25. The SMILES string of the molecule is Oc1ccc(CCc2cccc(CCc3cc(O)c(O)c(O)c3)c2)cc1. The number of aryl methyl sites for hydroxylation is 4. The predicted octanol–water partition coefficient (Wildman–Crippen LogP) is 4.08. The van der Waals surface area contributed by atoms with Crippen LogP contribution >= 0.6 is 0 Å². The maximum Gasteiger partial charge on any atom is 0.200 e. The van der Waals surface area contributed by atoms with Crippen LogP contribution in [0.3, 0.4) is 0 Å². The Kier molecular flexibility index (Phi) is 5.32. The zero-order chi connectivity index (χ0) is 18.5. The van der Waals surface area contributed by atoms with Crippen molar-refractivity contribution in [2.75, 3.05) is 0 Å². The summed E-state index contributed by atoms with van der Waals surface area (Å²) in [5, 5.41) is 37.9. The van der Waals surface area contributed by atoms with Gasteiger partial charge in [0.25, 0.3) is 0 Å². The molecule has 0 aliphatic carbocycles. The molecule has 0 heterocycles. The van der Waals surface area contributed by atoms with Crippen LogP contribution in [0.2, 0.25) is 0 Å². The number of phenolic OH excluding ortho intramolecular Hbond substituents is 4. The first kappa shape index (κ1) is 17.7. The Bertz CT molecular complexity index is 862. The van der Waals surface area contributed by atoms with Gasteiger partial charge in [0.2, 0.25) is 0 Å². The highest BCUT2D eigenvalue weighted by molar-refractivity contribution is 5.51. The third-order valence-corrected chi connectivity index (χ3v) is 4.46. The minimum atomic E-state index is -0.482. The van der Waals surface area contributed by atoms with E-state index in [0.717, 1.165) is 24.8 Å². The highest BCUT2D eigenvalue weighted by Gasteiger charge is 2.08. The molecule has 3 aromatic rings. The first-order valence-corrected chi connectivity index (χ1v) is 8.61. The minimum Gasteiger partial charge on any atom is -0.508 e. The summed E-state index contributed by atoms with van der Waals surface area (Å²) in [6.45, 7) is 0. The van der Waals surface area contributed by atoms with Gasteiger partial charge < -0.3 is 20.4 Å². The van der Waals surface area contributed by atoms with E-state index < -0.39 is 5.75 Å². The lowest BCUT2D eigenvalue weighted by Gasteiger charge is -2.08. The number of benzene rings is 3. The summed E-state index contributed by atoms with van der Waals surface area (Å²) in [4.78, 5) is 0. The van der Waals surface area contributed by atoms with E-state index >= 15 is 0 Å². The van der Waals surface area contributed by atoms with Gasteiger partial charge in [-0.2, -0.15) is 0 Å². The van der Waals surface area contributed by atoms with Crippen molar-refractivity contribution >= 4 is 0 Å². The van der Waals surface area contributed by atoms with Crippen molar-refractivity contribution < 1.29 is 20.4 Å². The maximum absolute atomic E-state index is 9.59. The average Bonchev–Trinajstić information content (AvgIpc) is 2.64. The van der Waals surface area contributed by atoms with Crippen LogP contribution in [0.4, 0.5) is 0 Å². The molecule has 134 valence electrons. The van der Waals surface area contributed by atoms with Crippen LogP contribution in [0.15, 0.2) is 60.7 Å². The number of phenols is 4. The summed E-state index contributed by atoms with van der Waals surface area (Å²) < 4.78 is 0. The van der Waals surface area contributed by atoms with Crippen molar-refractivity contribution in [3.8, 4) is 23.0 Å². The van der Waals surface area contributed by atoms with Gasteiger partial charge in [0.15, 0.2) is 17.2 Å². The van der Waals surface area contributed by atoms with Gasteiger partial charge in [0, 0.05) is 0 Å². The van der Waals surface area contributed by atoms with Crippen LogP contribution in [0.5, 0.6) is 23.0 Å². The number of hydrogen-bond donors (Lipinski definition) is 4. The van der Waals surface area contributed by atoms with Gasteiger partial charge in [-0.25, -0.2) is 0 Å². The fourth-order valence-corrected chi connectivity index (χ4v) is 2.99. The van der Waals surface area contributed by atoms with Gasteiger partial charge in [0.1, 0.15) is 5.75 Å². The molecule has 0 radical (unpaired) electrons. The molecule has 0 aliphatic rings. The van der Waals surface area contributed by atoms with E-state index in [0.29, 0.717) is 6.42 Å². The molecular formula is C22H22O4. The van der Waals surface area contributed by atoms with Crippen molar-refractivity contribution in [3.05, 3.63) is 82.9 Å². The Morgan fingerprint density at radius 2 is 1.00 bits per heavy atom. The first-order chi connectivity index (χ1) is 12.5. The fraction of sp³-hybridized carbons (Fsp3) is 0.182. The Morgan fingerprint density at radius 3 is 1.58 bits per heavy atom. The molecule has 4 nitrogen and oxygen atoms in total. The zero-order valence-corrected chi connectivity index (χ0v) is 14.4. The van der Waals surface area contributed by atoms with Crippen LogP contribution in [0.1, 0.15) is 22.3 Å². The van der Waals surface area contributed by atoms with E-state index in [2.05, 4.69) is 18.2 Å². The van der Waals surface area contributed by atoms with E-state index in [-0.39, 0.29) is 17.2 Å². The van der Waals surface area contributed by atoms with Crippen LogP contribution in [-0.4, -0.2) is 20.4 Å². The van der Waals surface area contributed by atoms with Gasteiger partial charge >= 0.3 is 0 Å². The van der Waals surface area contributed by atoms with E-state index in [9.17, 15) is 20.4 Å². The molecule has 0 atom stereocenters. The summed E-state index contributed by atoms with van der Waals surface area (Å²) in [6, 6.07) is 18.6. The van der Waals surface area contributed by atoms with Gasteiger partial charge in [0.05, 0.1) is 0 Å². The van der Waals surface area contributed by atoms with Gasteiger partial charge in [-0.05, 0) is 72.2 Å². The first-order valence-electron chi connectivity index (χ1n) is 8.61. The molecule has 0 bridgehead atoms. The lowest BCUT2D eigenvalue weighted by Crippen LogP contribution is -1.95. The normalized spacial score (nSPS) is 10.8. The van der Waals surface area contributed by atoms with Crippen LogP contribution in [0.25, 0.3) is 0 Å². The zero-order valence-electron chi connectivity index (χ0n) is 14.4. The fourth-order valence-electron chi connectivity index (χ4n) is 2.99. The third kappa shape index (κ3) is 4.48. The quantitative estimate of drug-likeness (QED) is 0.505. The largest absolute Gasteiger partial charge is 0.508 e.